The number of hydrogen-bond acceptors (Lipinski definition) is 1. The lowest BCUT2D eigenvalue weighted by atomic mass is 10.1. The first-order valence-corrected chi connectivity index (χ1v) is 4.46. The van der Waals surface area contributed by atoms with Gasteiger partial charge < -0.3 is 9.59 Å². The maximum absolute atomic E-state index is 10.6. The zero-order valence-corrected chi connectivity index (χ0v) is 9.51. The van der Waals surface area contributed by atoms with Gasteiger partial charge in [-0.1, -0.05) is 11.6 Å². The van der Waals surface area contributed by atoms with Crippen molar-refractivity contribution in [3.05, 3.63) is 10.6 Å². The molecule has 0 radical (unpaired) electrons. The largest absolute Gasteiger partial charge is 0.478 e. The van der Waals surface area contributed by atoms with Gasteiger partial charge in [-0.15, -0.1) is 0 Å². The van der Waals surface area contributed by atoms with Gasteiger partial charge in [0.25, 0.3) is 0 Å². The Morgan fingerprint density at radius 2 is 1.77 bits per heavy atom. The number of aliphatic carboxylic acids is 1. The van der Waals surface area contributed by atoms with Crippen molar-refractivity contribution in [3.63, 3.8) is 0 Å². The van der Waals surface area contributed by atoms with Crippen LogP contribution in [0.1, 0.15) is 13.8 Å². The van der Waals surface area contributed by atoms with Crippen LogP contribution in [0.3, 0.4) is 0 Å². The molecule has 0 spiro atoms. The van der Waals surface area contributed by atoms with E-state index in [4.69, 9.17) is 16.7 Å². The molecule has 0 aliphatic rings. The number of carboxylic acid groups (broad SMARTS) is 1. The van der Waals surface area contributed by atoms with Crippen LogP contribution in [0.4, 0.5) is 0 Å². The van der Waals surface area contributed by atoms with Crippen LogP contribution in [-0.2, 0) is 4.79 Å². The molecule has 0 saturated heterocycles. The molecule has 0 fully saturated rings. The summed E-state index contributed by atoms with van der Waals surface area (Å²) >= 11 is 5.94. The van der Waals surface area contributed by atoms with Crippen LogP contribution in [0.2, 0.25) is 0 Å². The van der Waals surface area contributed by atoms with Crippen LogP contribution >= 0.6 is 11.6 Å². The fourth-order valence-corrected chi connectivity index (χ4v) is 1.13. The van der Waals surface area contributed by atoms with Crippen molar-refractivity contribution in [2.45, 2.75) is 19.9 Å². The van der Waals surface area contributed by atoms with Gasteiger partial charge in [0.2, 0.25) is 0 Å². The lowest BCUT2D eigenvalue weighted by molar-refractivity contribution is -0.887. The van der Waals surface area contributed by atoms with Gasteiger partial charge >= 0.3 is 5.97 Å². The highest BCUT2D eigenvalue weighted by atomic mass is 35.5. The van der Waals surface area contributed by atoms with E-state index in [0.29, 0.717) is 9.52 Å². The number of quaternary nitrogens is 1. The number of carbonyl (C=O) groups is 1. The topological polar surface area (TPSA) is 37.3 Å². The molecule has 1 N–H and O–H groups in total. The predicted molar refractivity (Wildman–Crippen MR) is 53.7 cm³/mol. The third-order valence-electron chi connectivity index (χ3n) is 2.21. The summed E-state index contributed by atoms with van der Waals surface area (Å²) in [5.41, 5.74) is 0.224. The summed E-state index contributed by atoms with van der Waals surface area (Å²) in [6, 6.07) is -0.00207. The number of nitrogens with zero attached hydrogens (tertiary/aromatic N) is 1. The fraction of sp³-hybridized carbons (Fsp3) is 0.667. The van der Waals surface area contributed by atoms with Crippen molar-refractivity contribution in [1.29, 1.82) is 0 Å². The molecule has 0 aromatic carbocycles. The molecule has 1 atom stereocenters. The van der Waals surface area contributed by atoms with E-state index < -0.39 is 5.97 Å². The number of rotatable bonds is 3. The van der Waals surface area contributed by atoms with Gasteiger partial charge in [-0.2, -0.15) is 0 Å². The Labute approximate surface area is 84.2 Å². The molecule has 0 rings (SSSR count). The highest BCUT2D eigenvalue weighted by molar-refractivity contribution is 6.32. The van der Waals surface area contributed by atoms with Gasteiger partial charge in [-0.25, -0.2) is 4.79 Å². The third kappa shape index (κ3) is 3.36. The zero-order chi connectivity index (χ0) is 10.8. The van der Waals surface area contributed by atoms with E-state index >= 15 is 0 Å². The molecule has 0 heterocycles. The van der Waals surface area contributed by atoms with Crippen LogP contribution in [0.15, 0.2) is 10.6 Å². The lowest BCUT2D eigenvalue weighted by Gasteiger charge is -2.31. The van der Waals surface area contributed by atoms with Crippen LogP contribution in [0.5, 0.6) is 0 Å². The average molecular weight is 207 g/mol. The first-order chi connectivity index (χ1) is 5.68. The monoisotopic (exact) mass is 206 g/mol. The van der Waals surface area contributed by atoms with Gasteiger partial charge in [0.05, 0.1) is 31.7 Å². The second-order valence-electron chi connectivity index (χ2n) is 4.07. The summed E-state index contributed by atoms with van der Waals surface area (Å²) in [5, 5.41) is 9.13. The first kappa shape index (κ1) is 12.5. The van der Waals surface area contributed by atoms with Crippen molar-refractivity contribution < 1.29 is 14.4 Å². The summed E-state index contributed by atoms with van der Waals surface area (Å²) in [5.74, 6) is -0.953. The summed E-state index contributed by atoms with van der Waals surface area (Å²) in [7, 11) is 5.92. The highest BCUT2D eigenvalue weighted by Gasteiger charge is 2.24. The fourth-order valence-electron chi connectivity index (χ4n) is 0.756. The summed E-state index contributed by atoms with van der Waals surface area (Å²) in [6.07, 6.45) is 0. The maximum Gasteiger partial charge on any atom is 0.332 e. The smallest absolute Gasteiger partial charge is 0.332 e. The Morgan fingerprint density at radius 3 is 2.00 bits per heavy atom. The molecule has 0 bridgehead atoms. The Bertz CT molecular complexity index is 240. The normalized spacial score (nSPS) is 16.5. The van der Waals surface area contributed by atoms with E-state index in [0.717, 1.165) is 0 Å². The van der Waals surface area contributed by atoms with E-state index in [2.05, 4.69) is 0 Å². The highest BCUT2D eigenvalue weighted by Crippen LogP contribution is 2.20. The molecule has 4 heteroatoms. The van der Waals surface area contributed by atoms with Gasteiger partial charge in [-0.05, 0) is 13.8 Å². The summed E-state index contributed by atoms with van der Waals surface area (Å²) < 4.78 is 0.615. The molecule has 0 aliphatic heterocycles. The molecular weight excluding hydrogens is 190 g/mol. The zero-order valence-electron chi connectivity index (χ0n) is 8.76. The lowest BCUT2D eigenvalue weighted by Crippen LogP contribution is -2.43. The minimum Gasteiger partial charge on any atom is -0.478 e. The predicted octanol–water partition coefficient (Wildman–Crippen LogP) is 1.68. The van der Waals surface area contributed by atoms with Gasteiger partial charge in [0.15, 0.2) is 0 Å². The Morgan fingerprint density at radius 1 is 1.38 bits per heavy atom. The third-order valence-corrected chi connectivity index (χ3v) is 2.81. The quantitative estimate of drug-likeness (QED) is 0.564. The standard InChI is InChI=1S/C9H16ClNO2/c1-6(9(12)13)8(10)7(2)11(3,4)5/h7H,1-5H3/p+1/b8-6+. The Balaban J connectivity index is 4.89. The van der Waals surface area contributed by atoms with E-state index in [9.17, 15) is 4.79 Å². The molecule has 0 aromatic heterocycles. The van der Waals surface area contributed by atoms with Crippen LogP contribution in [0.25, 0.3) is 0 Å². The second kappa shape index (κ2) is 4.11. The van der Waals surface area contributed by atoms with Crippen LogP contribution in [0, 0.1) is 0 Å². The molecule has 13 heavy (non-hydrogen) atoms. The van der Waals surface area contributed by atoms with Gasteiger partial charge in [0.1, 0.15) is 6.04 Å². The first-order valence-electron chi connectivity index (χ1n) is 4.08. The minimum absolute atomic E-state index is 0.00207. The Kier molecular flexibility index (Phi) is 3.94. The van der Waals surface area contributed by atoms with E-state index in [1.54, 1.807) is 0 Å². The molecule has 3 nitrogen and oxygen atoms in total. The van der Waals surface area contributed by atoms with Crippen molar-refractivity contribution in [2.75, 3.05) is 21.1 Å². The van der Waals surface area contributed by atoms with Crippen molar-refractivity contribution in [3.8, 4) is 0 Å². The molecule has 76 valence electrons. The number of likely N-dealkylation sites (N-methyl/N-ethyl adjacent to an activating group) is 1. The molecule has 0 aromatic rings. The van der Waals surface area contributed by atoms with Crippen molar-refractivity contribution >= 4 is 17.6 Å². The maximum atomic E-state index is 10.6. The van der Waals surface area contributed by atoms with Gasteiger partial charge in [-0.3, -0.25) is 0 Å². The van der Waals surface area contributed by atoms with E-state index in [1.807, 2.05) is 28.1 Å². The Hall–Kier alpha value is -0.540. The van der Waals surface area contributed by atoms with Crippen molar-refractivity contribution in [2.24, 2.45) is 0 Å². The molecule has 1 unspecified atom stereocenters. The van der Waals surface area contributed by atoms with E-state index in [1.165, 1.54) is 6.92 Å². The molecular formula is C9H17ClNO2+. The SMILES string of the molecule is C/C(C(=O)O)=C(\Cl)C(C)[N+](C)(C)C. The van der Waals surface area contributed by atoms with Crippen molar-refractivity contribution in [1.82, 2.24) is 0 Å². The number of halogens is 1. The minimum atomic E-state index is -0.953. The van der Waals surface area contributed by atoms with Crippen LogP contribution < -0.4 is 0 Å². The molecule has 0 saturated carbocycles. The molecule has 0 amide bonds. The second-order valence-corrected chi connectivity index (χ2v) is 4.48. The molecule has 0 aliphatic carbocycles. The average Bonchev–Trinajstić information content (AvgIpc) is 1.98. The summed E-state index contributed by atoms with van der Waals surface area (Å²) in [6.45, 7) is 3.44. The number of hydrogen-bond donors (Lipinski definition) is 1. The van der Waals surface area contributed by atoms with Crippen LogP contribution in [-0.4, -0.2) is 42.7 Å². The number of carboxylic acids is 1. The van der Waals surface area contributed by atoms with Gasteiger partial charge in [0, 0.05) is 0 Å². The van der Waals surface area contributed by atoms with E-state index in [-0.39, 0.29) is 11.6 Å². The summed E-state index contributed by atoms with van der Waals surface area (Å²) in [4.78, 5) is 10.6.